The standard InChI is InChI=1S/CH3O.CH3.Mg/c1-2;;/h1H3;1H3;/q2*-1;+2. The molecule has 0 saturated carbocycles. The third kappa shape index (κ3) is 15.4. The van der Waals surface area contributed by atoms with E-state index in [1.165, 1.54) is 0 Å². The van der Waals surface area contributed by atoms with Crippen molar-refractivity contribution in [1.82, 2.24) is 0 Å². The molecular formula is C2H6MgO. The van der Waals surface area contributed by atoms with Gasteiger partial charge in [-0.05, 0) is 0 Å². The summed E-state index contributed by atoms with van der Waals surface area (Å²) in [5, 5.41) is 8.25. The van der Waals surface area contributed by atoms with E-state index in [0.29, 0.717) is 0 Å². The van der Waals surface area contributed by atoms with E-state index in [1.54, 1.807) is 0 Å². The van der Waals surface area contributed by atoms with Crippen LogP contribution >= 0.6 is 0 Å². The van der Waals surface area contributed by atoms with Gasteiger partial charge in [0.05, 0.1) is 0 Å². The molecular weight excluding hydrogens is 64.3 g/mol. The Balaban J connectivity index is -0.00000000500. The Morgan fingerprint density at radius 1 is 1.25 bits per heavy atom. The van der Waals surface area contributed by atoms with E-state index in [9.17, 15) is 0 Å². The molecule has 0 aromatic rings. The van der Waals surface area contributed by atoms with E-state index in [4.69, 9.17) is 5.11 Å². The molecule has 0 atom stereocenters. The van der Waals surface area contributed by atoms with Crippen molar-refractivity contribution in [3.8, 4) is 0 Å². The van der Waals surface area contributed by atoms with Crippen LogP contribution in [0.5, 0.6) is 0 Å². The summed E-state index contributed by atoms with van der Waals surface area (Å²) in [5.41, 5.74) is 0. The van der Waals surface area contributed by atoms with Gasteiger partial charge in [-0.25, -0.2) is 0 Å². The van der Waals surface area contributed by atoms with Crippen molar-refractivity contribution < 1.29 is 5.11 Å². The molecule has 4 heavy (non-hydrogen) atoms. The molecule has 0 unspecified atom stereocenters. The van der Waals surface area contributed by atoms with Gasteiger partial charge in [-0.1, -0.05) is 0 Å². The average molecular weight is 70.4 g/mol. The quantitative estimate of drug-likeness (QED) is 0.266. The van der Waals surface area contributed by atoms with Crippen LogP contribution in [0.1, 0.15) is 0 Å². The third-order valence-electron chi connectivity index (χ3n) is 0. The second-order valence-corrected chi connectivity index (χ2v) is 0. The second kappa shape index (κ2) is 52.5. The van der Waals surface area contributed by atoms with Gasteiger partial charge in [-0.2, -0.15) is 7.11 Å². The molecule has 22 valence electrons. The van der Waals surface area contributed by atoms with E-state index in [1.807, 2.05) is 0 Å². The normalized spacial score (nSPS) is 1.50. The molecule has 0 aliphatic rings. The van der Waals surface area contributed by atoms with Gasteiger partial charge in [-0.3, -0.25) is 0 Å². The summed E-state index contributed by atoms with van der Waals surface area (Å²) in [6, 6.07) is 0. The molecule has 0 bridgehead atoms. The van der Waals surface area contributed by atoms with Crippen molar-refractivity contribution in [3.63, 3.8) is 0 Å². The van der Waals surface area contributed by atoms with Crippen LogP contribution in [0.3, 0.4) is 0 Å². The van der Waals surface area contributed by atoms with Crippen LogP contribution in [0.2, 0.25) is 0 Å². The van der Waals surface area contributed by atoms with E-state index < -0.39 is 0 Å². The van der Waals surface area contributed by atoms with Crippen LogP contribution in [0, 0.1) is 7.43 Å². The van der Waals surface area contributed by atoms with Crippen molar-refractivity contribution in [2.45, 2.75) is 0 Å². The minimum atomic E-state index is 0. The van der Waals surface area contributed by atoms with Crippen molar-refractivity contribution in [2.75, 3.05) is 7.11 Å². The van der Waals surface area contributed by atoms with Crippen LogP contribution in [-0.4, -0.2) is 30.2 Å². The van der Waals surface area contributed by atoms with Crippen molar-refractivity contribution in [2.24, 2.45) is 0 Å². The maximum Gasteiger partial charge on any atom is 2.00 e. The fourth-order valence-corrected chi connectivity index (χ4v) is 0. The van der Waals surface area contributed by atoms with Gasteiger partial charge in [0, 0.05) is 0 Å². The van der Waals surface area contributed by atoms with Gasteiger partial charge in [0.1, 0.15) is 0 Å². The summed E-state index contributed by atoms with van der Waals surface area (Å²) in [5.74, 6) is 0. The molecule has 1 nitrogen and oxygen atoms in total. The molecule has 0 radical (unpaired) electrons. The third-order valence-corrected chi connectivity index (χ3v) is 0. The van der Waals surface area contributed by atoms with Gasteiger partial charge in [0.15, 0.2) is 0 Å². The van der Waals surface area contributed by atoms with Gasteiger partial charge in [-0.15, -0.1) is 0 Å². The SMILES string of the molecule is C[O-].[CH3-].[Mg+2]. The predicted octanol–water partition coefficient (Wildman–Crippen LogP) is -0.954. The van der Waals surface area contributed by atoms with Gasteiger partial charge >= 0.3 is 23.1 Å². The van der Waals surface area contributed by atoms with Crippen LogP contribution in [0.4, 0.5) is 0 Å². The Hall–Kier alpha value is 0.726. The number of rotatable bonds is 0. The summed E-state index contributed by atoms with van der Waals surface area (Å²) < 4.78 is 0. The molecule has 0 N–H and O–H groups in total. The fraction of sp³-hybridized carbons (Fsp3) is 0.500. The molecule has 0 spiro atoms. The first-order valence-corrected chi connectivity index (χ1v) is 0.408. The maximum atomic E-state index is 8.25. The van der Waals surface area contributed by atoms with Gasteiger partial charge in [0.25, 0.3) is 0 Å². The number of hydrogen-bond acceptors (Lipinski definition) is 1. The van der Waals surface area contributed by atoms with E-state index in [2.05, 4.69) is 0 Å². The predicted molar refractivity (Wildman–Crippen MR) is 18.1 cm³/mol. The first-order chi connectivity index (χ1) is 1.00. The summed E-state index contributed by atoms with van der Waals surface area (Å²) in [7, 11) is 0.750. The molecule has 0 saturated heterocycles. The van der Waals surface area contributed by atoms with Crippen LogP contribution in [0.15, 0.2) is 0 Å². The first-order valence-electron chi connectivity index (χ1n) is 0.408. The van der Waals surface area contributed by atoms with Crippen LogP contribution in [0.25, 0.3) is 0 Å². The molecule has 0 rings (SSSR count). The van der Waals surface area contributed by atoms with E-state index in [-0.39, 0.29) is 30.5 Å². The van der Waals surface area contributed by atoms with Gasteiger partial charge in [0.2, 0.25) is 0 Å². The van der Waals surface area contributed by atoms with Crippen LogP contribution < -0.4 is 5.11 Å². The Labute approximate surface area is 43.2 Å². The summed E-state index contributed by atoms with van der Waals surface area (Å²) in [4.78, 5) is 0. The Morgan fingerprint density at radius 2 is 1.25 bits per heavy atom. The van der Waals surface area contributed by atoms with Crippen molar-refractivity contribution >= 4 is 23.1 Å². The smallest absolute Gasteiger partial charge is 0.857 e. The minimum Gasteiger partial charge on any atom is -0.857 e. The van der Waals surface area contributed by atoms with E-state index in [0.717, 1.165) is 7.11 Å². The largest absolute Gasteiger partial charge is 2.00 e. The van der Waals surface area contributed by atoms with Crippen LogP contribution in [-0.2, 0) is 0 Å². The molecule has 0 aromatic carbocycles. The molecule has 0 fully saturated rings. The summed E-state index contributed by atoms with van der Waals surface area (Å²) in [6.07, 6.45) is 0. The molecule has 0 heterocycles. The van der Waals surface area contributed by atoms with Crippen molar-refractivity contribution in [1.29, 1.82) is 0 Å². The molecule has 2 heteroatoms. The topological polar surface area (TPSA) is 23.1 Å². The summed E-state index contributed by atoms with van der Waals surface area (Å²) >= 11 is 0. The number of hydrogen-bond donors (Lipinski definition) is 0. The molecule has 0 aliphatic carbocycles. The molecule has 0 amide bonds. The van der Waals surface area contributed by atoms with Crippen molar-refractivity contribution in [3.05, 3.63) is 7.43 Å². The summed E-state index contributed by atoms with van der Waals surface area (Å²) in [6.45, 7) is 0. The van der Waals surface area contributed by atoms with E-state index >= 15 is 0 Å². The molecule has 0 aliphatic heterocycles. The Morgan fingerprint density at radius 3 is 1.25 bits per heavy atom. The zero-order valence-electron chi connectivity index (χ0n) is 3.12. The Kier molecular flexibility index (Phi) is 289. The zero-order valence-corrected chi connectivity index (χ0v) is 4.53. The first kappa shape index (κ1) is 22.0. The molecule has 0 aromatic heterocycles. The fourth-order valence-electron chi connectivity index (χ4n) is 0. The minimum absolute atomic E-state index is 0. The zero-order chi connectivity index (χ0) is 2.00. The average Bonchev–Trinajstić information content (AvgIpc) is 1.00. The monoisotopic (exact) mass is 70.0 g/mol. The second-order valence-electron chi connectivity index (χ2n) is 0. The maximum absolute atomic E-state index is 8.25. The van der Waals surface area contributed by atoms with Gasteiger partial charge < -0.3 is 12.5 Å². The Bertz CT molecular complexity index is 6.00.